The summed E-state index contributed by atoms with van der Waals surface area (Å²) in [5.41, 5.74) is 2.06. The fourth-order valence-corrected chi connectivity index (χ4v) is 2.44. The van der Waals surface area contributed by atoms with Crippen LogP contribution in [-0.2, 0) is 0 Å². The Morgan fingerprint density at radius 2 is 2.20 bits per heavy atom. The second kappa shape index (κ2) is 5.32. The zero-order valence-corrected chi connectivity index (χ0v) is 11.4. The van der Waals surface area contributed by atoms with Gasteiger partial charge in [-0.05, 0) is 37.5 Å². The van der Waals surface area contributed by atoms with Gasteiger partial charge in [-0.25, -0.2) is 4.98 Å². The van der Waals surface area contributed by atoms with Gasteiger partial charge < -0.3 is 10.2 Å². The highest BCUT2D eigenvalue weighted by atomic mass is 16.2. The van der Waals surface area contributed by atoms with Crippen LogP contribution in [0.15, 0.2) is 24.5 Å². The molecule has 104 valence electrons. The van der Waals surface area contributed by atoms with Gasteiger partial charge in [0.05, 0.1) is 11.9 Å². The maximum absolute atomic E-state index is 12.2. The summed E-state index contributed by atoms with van der Waals surface area (Å²) in [4.78, 5) is 18.8. The van der Waals surface area contributed by atoms with Crippen LogP contribution in [0.2, 0.25) is 0 Å². The number of aromatic amines is 1. The minimum absolute atomic E-state index is 0.187. The fourth-order valence-electron chi connectivity index (χ4n) is 2.44. The van der Waals surface area contributed by atoms with Gasteiger partial charge in [0.25, 0.3) is 5.91 Å². The number of hydrogen-bond donors (Lipinski definition) is 2. The summed E-state index contributed by atoms with van der Waals surface area (Å²) in [5, 5.41) is 9.51. The number of aryl methyl sites for hydroxylation is 1. The zero-order valence-electron chi connectivity index (χ0n) is 11.4. The number of hydrogen-bond acceptors (Lipinski definition) is 4. The summed E-state index contributed by atoms with van der Waals surface area (Å²) in [5.74, 6) is 0.656. The molecule has 2 aromatic heterocycles. The Balaban J connectivity index is 1.84. The van der Waals surface area contributed by atoms with E-state index in [1.54, 1.807) is 12.4 Å². The average molecular weight is 271 g/mol. The van der Waals surface area contributed by atoms with Gasteiger partial charge in [-0.3, -0.25) is 9.89 Å². The van der Waals surface area contributed by atoms with Crippen molar-refractivity contribution >= 4 is 17.4 Å². The van der Waals surface area contributed by atoms with E-state index in [0.717, 1.165) is 30.2 Å². The van der Waals surface area contributed by atoms with Gasteiger partial charge in [0.15, 0.2) is 5.82 Å². The average Bonchev–Trinajstić information content (AvgIpc) is 3.10. The molecule has 0 saturated carbocycles. The SMILES string of the molecule is Cc1cn[nH]c1C(=O)Nc1cccnc1N1CCCC1. The van der Waals surface area contributed by atoms with Crippen molar-refractivity contribution < 1.29 is 4.79 Å². The highest BCUT2D eigenvalue weighted by Gasteiger charge is 2.19. The van der Waals surface area contributed by atoms with Gasteiger partial charge in [-0.2, -0.15) is 5.10 Å². The molecule has 20 heavy (non-hydrogen) atoms. The van der Waals surface area contributed by atoms with E-state index in [4.69, 9.17) is 0 Å². The van der Waals surface area contributed by atoms with Gasteiger partial charge >= 0.3 is 0 Å². The number of carbonyl (C=O) groups excluding carboxylic acids is 1. The number of aromatic nitrogens is 3. The van der Waals surface area contributed by atoms with Crippen molar-refractivity contribution in [3.8, 4) is 0 Å². The van der Waals surface area contributed by atoms with Gasteiger partial charge in [-0.1, -0.05) is 0 Å². The minimum Gasteiger partial charge on any atom is -0.355 e. The third-order valence-corrected chi connectivity index (χ3v) is 3.50. The molecule has 0 aliphatic carbocycles. The standard InChI is InChI=1S/C14H17N5O/c1-10-9-16-18-12(10)14(20)17-11-5-4-6-15-13(11)19-7-2-3-8-19/h4-6,9H,2-3,7-8H2,1H3,(H,16,18)(H,17,20). The molecular formula is C14H17N5O. The minimum atomic E-state index is -0.187. The molecule has 0 spiro atoms. The first kappa shape index (κ1) is 12.7. The van der Waals surface area contributed by atoms with Crippen molar-refractivity contribution in [3.05, 3.63) is 35.8 Å². The second-order valence-corrected chi connectivity index (χ2v) is 4.95. The summed E-state index contributed by atoms with van der Waals surface area (Å²) in [7, 11) is 0. The second-order valence-electron chi connectivity index (χ2n) is 4.95. The largest absolute Gasteiger partial charge is 0.355 e. The number of nitrogens with zero attached hydrogens (tertiary/aromatic N) is 3. The first-order chi connectivity index (χ1) is 9.75. The van der Waals surface area contributed by atoms with E-state index in [1.807, 2.05) is 19.1 Å². The smallest absolute Gasteiger partial charge is 0.274 e. The molecule has 1 aliphatic heterocycles. The van der Waals surface area contributed by atoms with E-state index in [-0.39, 0.29) is 5.91 Å². The molecule has 0 atom stereocenters. The Morgan fingerprint density at radius 1 is 1.40 bits per heavy atom. The summed E-state index contributed by atoms with van der Waals surface area (Å²) in [6.07, 6.45) is 5.73. The summed E-state index contributed by atoms with van der Waals surface area (Å²) in [6.45, 7) is 3.83. The van der Waals surface area contributed by atoms with Crippen LogP contribution in [0.3, 0.4) is 0 Å². The molecule has 3 rings (SSSR count). The van der Waals surface area contributed by atoms with Crippen molar-refractivity contribution in [2.24, 2.45) is 0 Å². The van der Waals surface area contributed by atoms with Crippen LogP contribution in [0.5, 0.6) is 0 Å². The molecule has 3 heterocycles. The van der Waals surface area contributed by atoms with Gasteiger partial charge in [0.2, 0.25) is 0 Å². The van der Waals surface area contributed by atoms with E-state index in [9.17, 15) is 4.79 Å². The third-order valence-electron chi connectivity index (χ3n) is 3.50. The van der Waals surface area contributed by atoms with Gasteiger partial charge in [0, 0.05) is 19.3 Å². The normalized spacial score (nSPS) is 14.6. The van der Waals surface area contributed by atoms with Crippen LogP contribution in [0.25, 0.3) is 0 Å². The van der Waals surface area contributed by atoms with Crippen molar-refractivity contribution in [3.63, 3.8) is 0 Å². The fraction of sp³-hybridized carbons (Fsp3) is 0.357. The predicted octanol–water partition coefficient (Wildman–Crippen LogP) is 1.97. The Hall–Kier alpha value is -2.37. The molecule has 0 aromatic carbocycles. The Labute approximate surface area is 117 Å². The molecule has 1 saturated heterocycles. The predicted molar refractivity (Wildman–Crippen MR) is 77.0 cm³/mol. The molecular weight excluding hydrogens is 254 g/mol. The lowest BCUT2D eigenvalue weighted by Crippen LogP contribution is -2.22. The van der Waals surface area contributed by atoms with Crippen LogP contribution in [0, 0.1) is 6.92 Å². The van der Waals surface area contributed by atoms with Crippen molar-refractivity contribution in [1.82, 2.24) is 15.2 Å². The summed E-state index contributed by atoms with van der Waals surface area (Å²) < 4.78 is 0. The first-order valence-corrected chi connectivity index (χ1v) is 6.77. The van der Waals surface area contributed by atoms with Crippen LogP contribution in [-0.4, -0.2) is 34.2 Å². The molecule has 0 unspecified atom stereocenters. The molecule has 6 nitrogen and oxygen atoms in total. The van der Waals surface area contributed by atoms with Crippen LogP contribution in [0.1, 0.15) is 28.9 Å². The summed E-state index contributed by atoms with van der Waals surface area (Å²) in [6, 6.07) is 3.71. The lowest BCUT2D eigenvalue weighted by Gasteiger charge is -2.19. The van der Waals surface area contributed by atoms with Crippen molar-refractivity contribution in [2.75, 3.05) is 23.3 Å². The molecule has 1 amide bonds. The lowest BCUT2D eigenvalue weighted by atomic mass is 10.2. The highest BCUT2D eigenvalue weighted by Crippen LogP contribution is 2.26. The molecule has 1 fully saturated rings. The zero-order chi connectivity index (χ0) is 13.9. The monoisotopic (exact) mass is 271 g/mol. The van der Waals surface area contributed by atoms with Gasteiger partial charge in [-0.15, -0.1) is 0 Å². The first-order valence-electron chi connectivity index (χ1n) is 6.77. The molecule has 2 aromatic rings. The van der Waals surface area contributed by atoms with E-state index >= 15 is 0 Å². The number of anilines is 2. The Morgan fingerprint density at radius 3 is 2.90 bits per heavy atom. The van der Waals surface area contributed by atoms with E-state index in [1.165, 1.54) is 12.8 Å². The van der Waals surface area contributed by atoms with Gasteiger partial charge in [0.1, 0.15) is 5.69 Å². The van der Waals surface area contributed by atoms with E-state index in [0.29, 0.717) is 5.69 Å². The lowest BCUT2D eigenvalue weighted by molar-refractivity contribution is 0.102. The Kier molecular flexibility index (Phi) is 3.37. The van der Waals surface area contributed by atoms with E-state index in [2.05, 4.69) is 25.4 Å². The van der Waals surface area contributed by atoms with Crippen molar-refractivity contribution in [1.29, 1.82) is 0 Å². The number of rotatable bonds is 3. The van der Waals surface area contributed by atoms with Crippen LogP contribution >= 0.6 is 0 Å². The van der Waals surface area contributed by atoms with Crippen molar-refractivity contribution in [2.45, 2.75) is 19.8 Å². The number of nitrogens with one attached hydrogen (secondary N) is 2. The molecule has 2 N–H and O–H groups in total. The third kappa shape index (κ3) is 2.36. The maximum Gasteiger partial charge on any atom is 0.274 e. The summed E-state index contributed by atoms with van der Waals surface area (Å²) >= 11 is 0. The maximum atomic E-state index is 12.2. The number of carbonyl (C=O) groups is 1. The molecule has 0 radical (unpaired) electrons. The number of pyridine rings is 1. The van der Waals surface area contributed by atoms with Crippen LogP contribution in [0.4, 0.5) is 11.5 Å². The molecule has 6 heteroatoms. The van der Waals surface area contributed by atoms with Crippen LogP contribution < -0.4 is 10.2 Å². The molecule has 1 aliphatic rings. The Bertz CT molecular complexity index is 616. The quantitative estimate of drug-likeness (QED) is 0.895. The topological polar surface area (TPSA) is 73.9 Å². The highest BCUT2D eigenvalue weighted by molar-refractivity contribution is 6.05. The number of amides is 1. The van der Waals surface area contributed by atoms with E-state index < -0.39 is 0 Å². The molecule has 0 bridgehead atoms. The number of H-pyrrole nitrogens is 1.